The summed E-state index contributed by atoms with van der Waals surface area (Å²) in [5, 5.41) is 0.263. The Hall–Kier alpha value is -1.87. The molecular weight excluding hydrogens is 272 g/mol. The number of hydrogen-bond donors (Lipinski definition) is 0. The van der Waals surface area contributed by atoms with E-state index in [9.17, 15) is 4.79 Å². The molecule has 0 atom stereocenters. The summed E-state index contributed by atoms with van der Waals surface area (Å²) in [6.07, 6.45) is 4.70. The van der Waals surface area contributed by atoms with Crippen LogP contribution in [-0.4, -0.2) is 17.4 Å². The van der Waals surface area contributed by atoms with Crippen molar-refractivity contribution in [2.75, 3.05) is 11.4 Å². The van der Waals surface area contributed by atoms with Crippen molar-refractivity contribution in [2.24, 2.45) is 0 Å². The number of carbonyl (C=O) groups excluding carboxylic acids is 1. The van der Waals surface area contributed by atoms with Crippen LogP contribution in [0.2, 0.25) is 5.15 Å². The fourth-order valence-electron chi connectivity index (χ4n) is 2.59. The number of nitrogens with zero attached hydrogens (tertiary/aromatic N) is 2. The second-order valence-corrected chi connectivity index (χ2v) is 5.24. The van der Waals surface area contributed by atoms with Crippen molar-refractivity contribution < 1.29 is 4.79 Å². The number of rotatable bonds is 1. The Kier molecular flexibility index (Phi) is 3.70. The van der Waals surface area contributed by atoms with Gasteiger partial charge in [0.05, 0.1) is 5.56 Å². The molecule has 2 heterocycles. The van der Waals surface area contributed by atoms with E-state index in [0.717, 1.165) is 31.5 Å². The molecule has 0 radical (unpaired) electrons. The van der Waals surface area contributed by atoms with Gasteiger partial charge in [0.2, 0.25) is 0 Å². The fourth-order valence-corrected chi connectivity index (χ4v) is 2.79. The third kappa shape index (κ3) is 2.41. The highest BCUT2D eigenvalue weighted by atomic mass is 35.5. The molecular formula is C16H15ClN2O. The molecule has 20 heavy (non-hydrogen) atoms. The zero-order valence-electron chi connectivity index (χ0n) is 11.1. The number of para-hydroxylation sites is 1. The molecule has 2 aromatic rings. The van der Waals surface area contributed by atoms with E-state index >= 15 is 0 Å². The van der Waals surface area contributed by atoms with Gasteiger partial charge in [-0.25, -0.2) is 4.98 Å². The van der Waals surface area contributed by atoms with Crippen LogP contribution in [0.1, 0.15) is 28.8 Å². The lowest BCUT2D eigenvalue weighted by Gasteiger charge is -2.23. The van der Waals surface area contributed by atoms with Crippen LogP contribution < -0.4 is 4.90 Å². The number of fused-ring (bicyclic) bond motifs is 1. The number of halogens is 1. The molecule has 0 saturated heterocycles. The number of hydrogen-bond acceptors (Lipinski definition) is 2. The molecule has 1 aromatic heterocycles. The van der Waals surface area contributed by atoms with Crippen molar-refractivity contribution in [1.82, 2.24) is 4.98 Å². The number of pyridine rings is 1. The van der Waals surface area contributed by atoms with E-state index in [1.54, 1.807) is 18.3 Å². The van der Waals surface area contributed by atoms with Gasteiger partial charge in [-0.3, -0.25) is 4.79 Å². The first kappa shape index (κ1) is 13.1. The van der Waals surface area contributed by atoms with Crippen LogP contribution in [0.15, 0.2) is 42.6 Å². The predicted octanol–water partition coefficient (Wildman–Crippen LogP) is 3.72. The molecule has 3 rings (SSSR count). The Morgan fingerprint density at radius 2 is 2.00 bits per heavy atom. The summed E-state index contributed by atoms with van der Waals surface area (Å²) in [4.78, 5) is 18.6. The second kappa shape index (κ2) is 5.63. The number of benzene rings is 1. The summed E-state index contributed by atoms with van der Waals surface area (Å²) in [5.41, 5.74) is 2.68. The summed E-state index contributed by atoms with van der Waals surface area (Å²) in [7, 11) is 0. The van der Waals surface area contributed by atoms with E-state index in [4.69, 9.17) is 11.6 Å². The van der Waals surface area contributed by atoms with Crippen LogP contribution in [0, 0.1) is 0 Å². The van der Waals surface area contributed by atoms with Gasteiger partial charge < -0.3 is 4.90 Å². The number of carbonyl (C=O) groups is 1. The standard InChI is InChI=1S/C16H15ClN2O/c17-15-13(8-5-10-18-15)16(20)19-11-4-3-7-12-6-1-2-9-14(12)19/h1-2,5-6,8-10H,3-4,7,11H2. The van der Waals surface area contributed by atoms with Crippen LogP contribution >= 0.6 is 11.6 Å². The predicted molar refractivity (Wildman–Crippen MR) is 80.3 cm³/mol. The maximum absolute atomic E-state index is 12.7. The molecule has 4 heteroatoms. The van der Waals surface area contributed by atoms with Crippen molar-refractivity contribution in [3.05, 3.63) is 58.9 Å². The lowest BCUT2D eigenvalue weighted by molar-refractivity contribution is 0.0987. The van der Waals surface area contributed by atoms with Crippen molar-refractivity contribution in [1.29, 1.82) is 0 Å². The van der Waals surface area contributed by atoms with Gasteiger partial charge in [0, 0.05) is 18.4 Å². The maximum Gasteiger partial charge on any atom is 0.261 e. The normalized spacial score (nSPS) is 14.6. The van der Waals surface area contributed by atoms with Gasteiger partial charge in [-0.2, -0.15) is 0 Å². The highest BCUT2D eigenvalue weighted by molar-refractivity contribution is 6.33. The van der Waals surface area contributed by atoms with Crippen LogP contribution in [0.5, 0.6) is 0 Å². The third-order valence-corrected chi connectivity index (χ3v) is 3.90. The molecule has 1 aromatic carbocycles. The summed E-state index contributed by atoms with van der Waals surface area (Å²) < 4.78 is 0. The molecule has 102 valence electrons. The van der Waals surface area contributed by atoms with Gasteiger partial charge in [0.15, 0.2) is 0 Å². The van der Waals surface area contributed by atoms with Crippen molar-refractivity contribution in [2.45, 2.75) is 19.3 Å². The topological polar surface area (TPSA) is 33.2 Å². The Balaban J connectivity index is 2.02. The number of aryl methyl sites for hydroxylation is 1. The number of aromatic nitrogens is 1. The lowest BCUT2D eigenvalue weighted by atomic mass is 10.1. The van der Waals surface area contributed by atoms with Gasteiger partial charge in [-0.15, -0.1) is 0 Å². The Morgan fingerprint density at radius 1 is 1.15 bits per heavy atom. The lowest BCUT2D eigenvalue weighted by Crippen LogP contribution is -2.32. The summed E-state index contributed by atoms with van der Waals surface area (Å²) in [6, 6.07) is 11.5. The van der Waals surface area contributed by atoms with E-state index in [2.05, 4.69) is 11.1 Å². The van der Waals surface area contributed by atoms with Crippen molar-refractivity contribution >= 4 is 23.2 Å². The summed E-state index contributed by atoms with van der Waals surface area (Å²) >= 11 is 6.05. The fraction of sp³-hybridized carbons (Fsp3) is 0.250. The van der Waals surface area contributed by atoms with Gasteiger partial charge in [0.25, 0.3) is 5.91 Å². The van der Waals surface area contributed by atoms with Crippen LogP contribution in [0.4, 0.5) is 5.69 Å². The van der Waals surface area contributed by atoms with Gasteiger partial charge in [-0.1, -0.05) is 29.8 Å². The van der Waals surface area contributed by atoms with Crippen LogP contribution in [0.3, 0.4) is 0 Å². The Bertz CT molecular complexity index is 642. The van der Waals surface area contributed by atoms with Crippen molar-refractivity contribution in [3.8, 4) is 0 Å². The second-order valence-electron chi connectivity index (χ2n) is 4.88. The zero-order chi connectivity index (χ0) is 13.9. The molecule has 1 aliphatic rings. The average Bonchev–Trinajstić information content (AvgIpc) is 2.69. The first-order valence-electron chi connectivity index (χ1n) is 6.77. The largest absolute Gasteiger partial charge is 0.308 e. The zero-order valence-corrected chi connectivity index (χ0v) is 11.8. The molecule has 0 spiro atoms. The minimum absolute atomic E-state index is 0.0718. The molecule has 1 amide bonds. The summed E-state index contributed by atoms with van der Waals surface area (Å²) in [5.74, 6) is -0.0718. The molecule has 0 bridgehead atoms. The van der Waals surface area contributed by atoms with E-state index in [0.29, 0.717) is 5.56 Å². The van der Waals surface area contributed by atoms with Gasteiger partial charge in [-0.05, 0) is 43.0 Å². The van der Waals surface area contributed by atoms with Crippen LogP contribution in [0.25, 0.3) is 0 Å². The highest BCUT2D eigenvalue weighted by Crippen LogP contribution is 2.28. The molecule has 0 aliphatic carbocycles. The maximum atomic E-state index is 12.7. The molecule has 0 saturated carbocycles. The SMILES string of the molecule is O=C(c1cccnc1Cl)N1CCCCc2ccccc21. The van der Waals surface area contributed by atoms with E-state index in [1.165, 1.54) is 5.56 Å². The first-order valence-corrected chi connectivity index (χ1v) is 7.15. The first-order chi connectivity index (χ1) is 9.77. The highest BCUT2D eigenvalue weighted by Gasteiger charge is 2.23. The molecule has 3 nitrogen and oxygen atoms in total. The van der Waals surface area contributed by atoms with Crippen LogP contribution in [-0.2, 0) is 6.42 Å². The molecule has 0 N–H and O–H groups in total. The smallest absolute Gasteiger partial charge is 0.261 e. The Labute approximate surface area is 123 Å². The average molecular weight is 287 g/mol. The molecule has 0 unspecified atom stereocenters. The minimum Gasteiger partial charge on any atom is -0.308 e. The van der Waals surface area contributed by atoms with Gasteiger partial charge in [0.1, 0.15) is 5.15 Å². The number of amides is 1. The van der Waals surface area contributed by atoms with E-state index < -0.39 is 0 Å². The van der Waals surface area contributed by atoms with Gasteiger partial charge >= 0.3 is 0 Å². The Morgan fingerprint density at radius 3 is 2.85 bits per heavy atom. The van der Waals surface area contributed by atoms with Crippen molar-refractivity contribution in [3.63, 3.8) is 0 Å². The van der Waals surface area contributed by atoms with E-state index in [1.807, 2.05) is 23.1 Å². The quantitative estimate of drug-likeness (QED) is 0.749. The summed E-state index contributed by atoms with van der Waals surface area (Å²) in [6.45, 7) is 0.723. The number of anilines is 1. The third-order valence-electron chi connectivity index (χ3n) is 3.59. The molecule has 1 aliphatic heterocycles. The van der Waals surface area contributed by atoms with E-state index in [-0.39, 0.29) is 11.1 Å². The minimum atomic E-state index is -0.0718. The molecule has 0 fully saturated rings. The monoisotopic (exact) mass is 286 g/mol.